The first-order chi connectivity index (χ1) is 24.7. The van der Waals surface area contributed by atoms with Crippen molar-refractivity contribution in [3.05, 3.63) is 75.7 Å². The van der Waals surface area contributed by atoms with Crippen LogP contribution in [-0.2, 0) is 33.2 Å². The third-order valence-corrected chi connectivity index (χ3v) is 10.2. The molecule has 2 atom stereocenters. The number of pyridine rings is 1. The van der Waals surface area contributed by atoms with Crippen molar-refractivity contribution < 1.29 is 50.2 Å². The summed E-state index contributed by atoms with van der Waals surface area (Å²) in [5.74, 6) is -2.07. The highest BCUT2D eigenvalue weighted by Crippen LogP contribution is 2.43. The van der Waals surface area contributed by atoms with Crippen LogP contribution in [0.5, 0.6) is 5.75 Å². The van der Waals surface area contributed by atoms with Crippen molar-refractivity contribution >= 4 is 34.7 Å². The van der Waals surface area contributed by atoms with Crippen molar-refractivity contribution in [3.8, 4) is 5.75 Å². The summed E-state index contributed by atoms with van der Waals surface area (Å²) in [6.45, 7) is 2.99. The molecular formula is C35H39F6N5O5S. The van der Waals surface area contributed by atoms with Crippen molar-refractivity contribution in [2.45, 2.75) is 63.1 Å². The average molecular weight is 756 g/mol. The highest BCUT2D eigenvalue weighted by molar-refractivity contribution is 7.10. The van der Waals surface area contributed by atoms with Gasteiger partial charge in [-0.2, -0.15) is 26.3 Å². The minimum Gasteiger partial charge on any atom is -0.474 e. The molecule has 3 amide bonds. The molecule has 10 nitrogen and oxygen atoms in total. The molecule has 0 bridgehead atoms. The minimum atomic E-state index is -4.87. The standard InChI is InChI=1S/C35H39F6N5O5S/c1-3-7-28-33(51-24-18-29(52-22-24)35(39,40)41,11-6-13-46(28)31(48)25-20-42-12-10-26(25)34(36,37)38)32(49)45-16-14-44(15-17-45)27-9-5-4-8-23(27)19-43-30(47)21-50-2/h4-5,8-10,12,18,20,22,28H,3,6-7,11,13-17,19,21H2,1-2H3,(H,43,47)/t28-,33+/m1/s1. The molecule has 0 radical (unpaired) electrons. The zero-order valence-corrected chi connectivity index (χ0v) is 29.4. The number of hydrogen-bond donors (Lipinski definition) is 1. The van der Waals surface area contributed by atoms with E-state index in [2.05, 4.69) is 10.3 Å². The highest BCUT2D eigenvalue weighted by Gasteiger charge is 2.56. The zero-order chi connectivity index (χ0) is 37.7. The van der Waals surface area contributed by atoms with E-state index in [0.717, 1.165) is 35.1 Å². The number of thiophene rings is 1. The molecule has 2 saturated heterocycles. The van der Waals surface area contributed by atoms with E-state index in [9.17, 15) is 40.7 Å². The fourth-order valence-corrected chi connectivity index (χ4v) is 7.54. The number of anilines is 1. The monoisotopic (exact) mass is 755 g/mol. The van der Waals surface area contributed by atoms with Crippen LogP contribution in [0.1, 0.15) is 59.0 Å². The second-order valence-electron chi connectivity index (χ2n) is 12.6. The molecule has 0 unspecified atom stereocenters. The molecule has 5 rings (SSSR count). The predicted octanol–water partition coefficient (Wildman–Crippen LogP) is 6.01. The van der Waals surface area contributed by atoms with Gasteiger partial charge in [-0.3, -0.25) is 19.4 Å². The normalized spacial score (nSPS) is 19.8. The molecule has 1 aromatic carbocycles. The molecular weight excluding hydrogens is 716 g/mol. The number of alkyl halides is 6. The van der Waals surface area contributed by atoms with Gasteiger partial charge in [0.1, 0.15) is 17.2 Å². The number of rotatable bonds is 11. The fourth-order valence-electron chi connectivity index (χ4n) is 6.86. The number of piperidine rings is 1. The Kier molecular flexibility index (Phi) is 12.0. The molecule has 0 saturated carbocycles. The molecule has 2 fully saturated rings. The lowest BCUT2D eigenvalue weighted by atomic mass is 9.79. The topological polar surface area (TPSA) is 104 Å². The number of carbonyl (C=O) groups excluding carboxylic acids is 3. The first-order valence-corrected chi connectivity index (χ1v) is 17.6. The van der Waals surface area contributed by atoms with E-state index in [0.29, 0.717) is 36.9 Å². The Morgan fingerprint density at radius 3 is 2.40 bits per heavy atom. The Labute approximate surface area is 300 Å². The van der Waals surface area contributed by atoms with Crippen molar-refractivity contribution in [2.75, 3.05) is 51.3 Å². The Morgan fingerprint density at radius 1 is 1.02 bits per heavy atom. The van der Waals surface area contributed by atoms with Crippen LogP contribution in [0.3, 0.4) is 0 Å². The van der Waals surface area contributed by atoms with E-state index in [1.807, 2.05) is 29.2 Å². The van der Waals surface area contributed by atoms with Gasteiger partial charge in [0.25, 0.3) is 11.8 Å². The van der Waals surface area contributed by atoms with Crippen LogP contribution in [0, 0.1) is 0 Å². The molecule has 3 aromatic rings. The third-order valence-electron chi connectivity index (χ3n) is 9.21. The van der Waals surface area contributed by atoms with Crippen LogP contribution in [-0.4, -0.2) is 90.6 Å². The number of nitrogens with zero attached hydrogens (tertiary/aromatic N) is 4. The largest absolute Gasteiger partial charge is 0.474 e. The maximum atomic E-state index is 14.8. The van der Waals surface area contributed by atoms with Gasteiger partial charge in [0.15, 0.2) is 0 Å². The summed E-state index contributed by atoms with van der Waals surface area (Å²) in [6, 6.07) is 7.84. The van der Waals surface area contributed by atoms with E-state index in [-0.39, 0.29) is 63.7 Å². The molecule has 2 aliphatic heterocycles. The van der Waals surface area contributed by atoms with Gasteiger partial charge in [-0.05, 0) is 30.5 Å². The van der Waals surface area contributed by atoms with Crippen molar-refractivity contribution in [1.82, 2.24) is 20.1 Å². The van der Waals surface area contributed by atoms with Gasteiger partial charge in [0, 0.05) is 82.3 Å². The molecule has 17 heteroatoms. The van der Waals surface area contributed by atoms with Crippen molar-refractivity contribution in [2.24, 2.45) is 0 Å². The Morgan fingerprint density at radius 2 is 1.75 bits per heavy atom. The van der Waals surface area contributed by atoms with Crippen LogP contribution >= 0.6 is 11.3 Å². The molecule has 4 heterocycles. The first-order valence-electron chi connectivity index (χ1n) is 16.7. The molecule has 2 aromatic heterocycles. The quantitative estimate of drug-likeness (QED) is 0.239. The molecule has 282 valence electrons. The average Bonchev–Trinajstić information content (AvgIpc) is 3.60. The smallest absolute Gasteiger partial charge is 0.425 e. The summed E-state index contributed by atoms with van der Waals surface area (Å²) in [5.41, 5.74) is -2.11. The van der Waals surface area contributed by atoms with Gasteiger partial charge >= 0.3 is 12.4 Å². The maximum absolute atomic E-state index is 14.8. The number of likely N-dealkylation sites (tertiary alicyclic amines) is 1. The third kappa shape index (κ3) is 8.46. The molecule has 0 spiro atoms. The number of methoxy groups -OCH3 is 1. The van der Waals surface area contributed by atoms with E-state index in [1.54, 1.807) is 11.8 Å². The summed E-state index contributed by atoms with van der Waals surface area (Å²) in [7, 11) is 1.42. The SMILES string of the molecule is CCC[C@H]1N(C(=O)c2cnccc2C(F)(F)F)CCC[C@@]1(Oc1csc(C(F)(F)F)c1)C(=O)N1CCN(c2ccccc2CNC(=O)COC)CC1. The summed E-state index contributed by atoms with van der Waals surface area (Å²) in [6.07, 6.45) is -7.12. The van der Waals surface area contributed by atoms with Crippen LogP contribution < -0.4 is 15.0 Å². The van der Waals surface area contributed by atoms with Gasteiger partial charge in [-0.1, -0.05) is 31.5 Å². The van der Waals surface area contributed by atoms with E-state index in [1.165, 1.54) is 12.0 Å². The lowest BCUT2D eigenvalue weighted by Gasteiger charge is -2.51. The summed E-state index contributed by atoms with van der Waals surface area (Å²) < 4.78 is 94.2. The number of ether oxygens (including phenoxy) is 2. The highest BCUT2D eigenvalue weighted by atomic mass is 32.1. The van der Waals surface area contributed by atoms with Crippen molar-refractivity contribution in [3.63, 3.8) is 0 Å². The number of carbonyl (C=O) groups is 3. The molecule has 0 aliphatic carbocycles. The van der Waals surface area contributed by atoms with Gasteiger partial charge in [0.05, 0.1) is 17.2 Å². The van der Waals surface area contributed by atoms with Gasteiger partial charge in [0.2, 0.25) is 11.5 Å². The van der Waals surface area contributed by atoms with Crippen LogP contribution in [0.4, 0.5) is 32.0 Å². The van der Waals surface area contributed by atoms with E-state index < -0.39 is 51.8 Å². The number of benzene rings is 1. The van der Waals surface area contributed by atoms with Crippen LogP contribution in [0.25, 0.3) is 0 Å². The van der Waals surface area contributed by atoms with Gasteiger partial charge < -0.3 is 29.5 Å². The summed E-state index contributed by atoms with van der Waals surface area (Å²) in [5, 5.41) is 3.95. The zero-order valence-electron chi connectivity index (χ0n) is 28.6. The first kappa shape index (κ1) is 38.8. The number of aromatic nitrogens is 1. The van der Waals surface area contributed by atoms with Crippen LogP contribution in [0.15, 0.2) is 54.2 Å². The Bertz CT molecular complexity index is 1730. The van der Waals surface area contributed by atoms with Crippen molar-refractivity contribution in [1.29, 1.82) is 0 Å². The Balaban J connectivity index is 1.47. The number of nitrogens with one attached hydrogen (secondary N) is 1. The summed E-state index contributed by atoms with van der Waals surface area (Å²) >= 11 is 0.393. The lowest BCUT2D eigenvalue weighted by Crippen LogP contribution is -2.69. The molecule has 52 heavy (non-hydrogen) atoms. The van der Waals surface area contributed by atoms with Gasteiger partial charge in [-0.15, -0.1) is 11.3 Å². The fraction of sp³-hybridized carbons (Fsp3) is 0.486. The van der Waals surface area contributed by atoms with Crippen LogP contribution in [0.2, 0.25) is 0 Å². The van der Waals surface area contributed by atoms with E-state index in [4.69, 9.17) is 9.47 Å². The van der Waals surface area contributed by atoms with E-state index >= 15 is 0 Å². The molecule has 2 aliphatic rings. The maximum Gasteiger partial charge on any atom is 0.425 e. The summed E-state index contributed by atoms with van der Waals surface area (Å²) in [4.78, 5) is 48.4. The number of hydrogen-bond acceptors (Lipinski definition) is 8. The minimum absolute atomic E-state index is 0.00298. The second kappa shape index (κ2) is 16.1. The number of para-hydroxylation sites is 1. The van der Waals surface area contributed by atoms with Gasteiger partial charge in [-0.25, -0.2) is 0 Å². The number of halogens is 6. The predicted molar refractivity (Wildman–Crippen MR) is 180 cm³/mol. The molecule has 1 N–H and O–H groups in total. The second-order valence-corrected chi connectivity index (χ2v) is 13.5. The number of amides is 3. The number of piperazine rings is 1. The lowest BCUT2D eigenvalue weighted by molar-refractivity contribution is -0.159. The Hall–Kier alpha value is -4.38.